The van der Waals surface area contributed by atoms with E-state index in [0.29, 0.717) is 0 Å². The number of fused-ring (bicyclic) bond motifs is 3. The lowest BCUT2D eigenvalue weighted by Crippen LogP contribution is -1.91. The van der Waals surface area contributed by atoms with Gasteiger partial charge in [-0.05, 0) is 46.7 Å². The first kappa shape index (κ1) is 8.32. The van der Waals surface area contributed by atoms with E-state index < -0.39 is 0 Å². The highest BCUT2D eigenvalue weighted by Crippen LogP contribution is 2.41. The van der Waals surface area contributed by atoms with Crippen LogP contribution >= 0.6 is 8.19 Å². The molecule has 0 amide bonds. The van der Waals surface area contributed by atoms with E-state index in [9.17, 15) is 0 Å². The zero-order valence-electron chi connectivity index (χ0n) is 8.30. The third kappa shape index (κ3) is 1.07. The lowest BCUT2D eigenvalue weighted by Gasteiger charge is -2.10. The Morgan fingerprint density at radius 3 is 3.00 bits per heavy atom. The van der Waals surface area contributed by atoms with E-state index in [1.165, 1.54) is 23.8 Å². The van der Waals surface area contributed by atoms with Crippen molar-refractivity contribution in [3.63, 3.8) is 0 Å². The minimum Gasteiger partial charge on any atom is -0.128 e. The molecule has 2 aromatic rings. The van der Waals surface area contributed by atoms with Crippen molar-refractivity contribution >= 4 is 24.3 Å². The molecule has 1 unspecified atom stereocenters. The fourth-order valence-electron chi connectivity index (χ4n) is 2.37. The summed E-state index contributed by atoms with van der Waals surface area (Å²) in [6, 6.07) is 8.86. The zero-order valence-corrected chi connectivity index (χ0v) is 9.30. The molecule has 0 radical (unpaired) electrons. The first-order valence-electron chi connectivity index (χ1n) is 5.13. The zero-order chi connectivity index (χ0) is 9.54. The Morgan fingerprint density at radius 2 is 2.07 bits per heavy atom. The summed E-state index contributed by atoms with van der Waals surface area (Å²) in [5, 5.41) is 4.73. The molecule has 0 fully saturated rings. The van der Waals surface area contributed by atoms with Crippen molar-refractivity contribution in [1.82, 2.24) is 0 Å². The molecule has 1 heteroatoms. The molecule has 1 aromatic heterocycles. The minimum absolute atomic E-state index is 0.934. The van der Waals surface area contributed by atoms with Gasteiger partial charge in [0.05, 0.1) is 0 Å². The highest BCUT2D eigenvalue weighted by atomic mass is 31.0. The van der Waals surface area contributed by atoms with Crippen LogP contribution in [0.5, 0.6) is 0 Å². The van der Waals surface area contributed by atoms with Crippen LogP contribution in [0.25, 0.3) is 16.1 Å². The van der Waals surface area contributed by atoms with Crippen molar-refractivity contribution < 1.29 is 0 Å². The standard InChI is InChI=1S/C13H13P/c1-9-5-4-8-12-13(9)10-6-2-3-7-11(10)14-12/h2-3,5-7,14H,4,8H2,1H3. The molecule has 0 aliphatic heterocycles. The molecule has 1 aliphatic carbocycles. The number of hydrogen-bond acceptors (Lipinski definition) is 0. The summed E-state index contributed by atoms with van der Waals surface area (Å²) in [6.45, 7) is 2.25. The Balaban J connectivity index is 2.42. The maximum Gasteiger partial charge on any atom is -0.000924 e. The molecule has 1 aromatic carbocycles. The van der Waals surface area contributed by atoms with Crippen LogP contribution in [0.3, 0.4) is 0 Å². The summed E-state index contributed by atoms with van der Waals surface area (Å²) in [7, 11) is 0.934. The maximum absolute atomic E-state index is 2.38. The van der Waals surface area contributed by atoms with E-state index in [1.807, 2.05) is 0 Å². The lowest BCUT2D eigenvalue weighted by molar-refractivity contribution is 1.01. The normalized spacial score (nSPS) is 15.9. The van der Waals surface area contributed by atoms with Gasteiger partial charge in [-0.3, -0.25) is 0 Å². The fourth-order valence-corrected chi connectivity index (χ4v) is 3.94. The topological polar surface area (TPSA) is 0 Å². The molecule has 0 saturated heterocycles. The van der Waals surface area contributed by atoms with E-state index in [1.54, 1.807) is 16.0 Å². The Morgan fingerprint density at radius 1 is 1.21 bits per heavy atom. The molecule has 1 heterocycles. The van der Waals surface area contributed by atoms with Crippen molar-refractivity contribution in [2.75, 3.05) is 0 Å². The van der Waals surface area contributed by atoms with Gasteiger partial charge in [0.25, 0.3) is 0 Å². The van der Waals surface area contributed by atoms with Gasteiger partial charge in [-0.15, -0.1) is 8.19 Å². The van der Waals surface area contributed by atoms with Gasteiger partial charge in [0.2, 0.25) is 0 Å². The van der Waals surface area contributed by atoms with E-state index in [0.717, 1.165) is 8.19 Å². The van der Waals surface area contributed by atoms with E-state index in [2.05, 4.69) is 37.3 Å². The first-order chi connectivity index (χ1) is 6.86. The largest absolute Gasteiger partial charge is 0.128 e. The molecule has 0 bridgehead atoms. The highest BCUT2D eigenvalue weighted by Gasteiger charge is 2.14. The molecule has 0 saturated carbocycles. The summed E-state index contributed by atoms with van der Waals surface area (Å²) in [6.07, 6.45) is 4.90. The molecular formula is C13H13P. The first-order valence-corrected chi connectivity index (χ1v) is 6.13. The second-order valence-corrected chi connectivity index (χ2v) is 5.34. The SMILES string of the molecule is CC1=CCCc2[pH]c3ccccc3c21. The van der Waals surface area contributed by atoms with Crippen LogP contribution in [0, 0.1) is 0 Å². The number of rotatable bonds is 0. The van der Waals surface area contributed by atoms with Crippen LogP contribution in [-0.2, 0) is 6.42 Å². The van der Waals surface area contributed by atoms with Gasteiger partial charge in [-0.2, -0.15) is 0 Å². The molecule has 3 rings (SSSR count). The number of allylic oxidation sites excluding steroid dienone is 2. The summed E-state index contributed by atoms with van der Waals surface area (Å²) in [4.78, 5) is 0. The monoisotopic (exact) mass is 200 g/mol. The van der Waals surface area contributed by atoms with Crippen molar-refractivity contribution in [2.45, 2.75) is 19.8 Å². The Hall–Kier alpha value is -1.00. The van der Waals surface area contributed by atoms with Gasteiger partial charge in [-0.25, -0.2) is 0 Å². The van der Waals surface area contributed by atoms with Crippen LogP contribution in [0.1, 0.15) is 24.2 Å². The molecule has 0 nitrogen and oxygen atoms in total. The number of hydrogen-bond donors (Lipinski definition) is 0. The van der Waals surface area contributed by atoms with Crippen molar-refractivity contribution in [2.24, 2.45) is 0 Å². The van der Waals surface area contributed by atoms with Crippen molar-refractivity contribution in [3.8, 4) is 0 Å². The van der Waals surface area contributed by atoms with Crippen molar-refractivity contribution in [3.05, 3.63) is 41.2 Å². The second-order valence-electron chi connectivity index (χ2n) is 3.95. The predicted octanol–water partition coefficient (Wildman–Crippen LogP) is 4.22. The average molecular weight is 200 g/mol. The van der Waals surface area contributed by atoms with Crippen LogP contribution in [0.2, 0.25) is 0 Å². The van der Waals surface area contributed by atoms with Crippen molar-refractivity contribution in [1.29, 1.82) is 0 Å². The van der Waals surface area contributed by atoms with E-state index in [4.69, 9.17) is 0 Å². The fraction of sp³-hybridized carbons (Fsp3) is 0.231. The van der Waals surface area contributed by atoms with Gasteiger partial charge < -0.3 is 0 Å². The van der Waals surface area contributed by atoms with E-state index >= 15 is 0 Å². The third-order valence-electron chi connectivity index (χ3n) is 3.02. The van der Waals surface area contributed by atoms with Gasteiger partial charge in [0.15, 0.2) is 0 Å². The highest BCUT2D eigenvalue weighted by molar-refractivity contribution is 7.38. The molecule has 70 valence electrons. The summed E-state index contributed by atoms with van der Waals surface area (Å²) < 4.78 is 0. The Bertz CT molecular complexity index is 517. The summed E-state index contributed by atoms with van der Waals surface area (Å²) in [5.41, 5.74) is 3.05. The molecule has 0 spiro atoms. The molecule has 1 atom stereocenters. The second kappa shape index (κ2) is 3.00. The molecule has 0 N–H and O–H groups in total. The van der Waals surface area contributed by atoms with Crippen LogP contribution in [0.15, 0.2) is 30.3 Å². The van der Waals surface area contributed by atoms with Gasteiger partial charge >= 0.3 is 0 Å². The number of benzene rings is 1. The maximum atomic E-state index is 2.38. The van der Waals surface area contributed by atoms with Gasteiger partial charge in [0, 0.05) is 0 Å². The smallest absolute Gasteiger partial charge is 0.000924 e. The molecule has 1 aliphatic rings. The third-order valence-corrected chi connectivity index (χ3v) is 4.53. The van der Waals surface area contributed by atoms with Crippen LogP contribution in [-0.4, -0.2) is 0 Å². The predicted molar refractivity (Wildman–Crippen MR) is 65.4 cm³/mol. The molecule has 14 heavy (non-hydrogen) atoms. The van der Waals surface area contributed by atoms with Crippen LogP contribution in [0.4, 0.5) is 0 Å². The Labute approximate surface area is 85.7 Å². The average Bonchev–Trinajstić information content (AvgIpc) is 2.57. The van der Waals surface area contributed by atoms with Gasteiger partial charge in [0.1, 0.15) is 0 Å². The lowest BCUT2D eigenvalue weighted by atomic mass is 9.96. The van der Waals surface area contributed by atoms with E-state index in [-0.39, 0.29) is 0 Å². The summed E-state index contributed by atoms with van der Waals surface area (Å²) >= 11 is 0. The van der Waals surface area contributed by atoms with Crippen LogP contribution < -0.4 is 0 Å². The Kier molecular flexibility index (Phi) is 1.78. The van der Waals surface area contributed by atoms with Gasteiger partial charge in [-0.1, -0.05) is 30.3 Å². The molecular weight excluding hydrogens is 187 g/mol. The minimum atomic E-state index is 0.934. The summed E-state index contributed by atoms with van der Waals surface area (Å²) in [5.74, 6) is 0. The quantitative estimate of drug-likeness (QED) is 0.597. The number of aryl methyl sites for hydroxylation is 1.